The summed E-state index contributed by atoms with van der Waals surface area (Å²) in [7, 11) is -0.945. The first-order valence-electron chi connectivity index (χ1n) is 4.60. The van der Waals surface area contributed by atoms with Gasteiger partial charge in [0, 0.05) is 15.3 Å². The Labute approximate surface area is 99.0 Å². The summed E-state index contributed by atoms with van der Waals surface area (Å²) in [6.07, 6.45) is -0.957. The average Bonchev–Trinajstić information content (AvgIpc) is 2.49. The van der Waals surface area contributed by atoms with Gasteiger partial charge < -0.3 is 9.84 Å². The highest BCUT2D eigenvalue weighted by molar-refractivity contribution is 9.10. The van der Waals surface area contributed by atoms with E-state index in [1.165, 1.54) is 0 Å². The van der Waals surface area contributed by atoms with Crippen molar-refractivity contribution in [2.75, 3.05) is 11.5 Å². The second kappa shape index (κ2) is 4.63. The molecule has 1 unspecified atom stereocenters. The predicted octanol–water partition coefficient (Wildman–Crippen LogP) is 1.32. The Balaban J connectivity index is 2.03. The zero-order valence-electron chi connectivity index (χ0n) is 7.93. The quantitative estimate of drug-likeness (QED) is 0.894. The van der Waals surface area contributed by atoms with Crippen molar-refractivity contribution in [2.24, 2.45) is 0 Å². The summed E-state index contributed by atoms with van der Waals surface area (Å²) >= 11 is 3.33. The van der Waals surface area contributed by atoms with Gasteiger partial charge in [-0.2, -0.15) is 0 Å². The molecular weight excluding hydrogens is 280 g/mol. The fourth-order valence-corrected chi connectivity index (χ4v) is 3.11. The van der Waals surface area contributed by atoms with Gasteiger partial charge in [0.1, 0.15) is 18.0 Å². The van der Waals surface area contributed by atoms with Gasteiger partial charge in [0.05, 0.1) is 11.5 Å². The van der Waals surface area contributed by atoms with Crippen LogP contribution in [0.1, 0.15) is 0 Å². The summed E-state index contributed by atoms with van der Waals surface area (Å²) in [6.45, 7) is 0. The van der Waals surface area contributed by atoms with Crippen molar-refractivity contribution in [3.63, 3.8) is 0 Å². The summed E-state index contributed by atoms with van der Waals surface area (Å²) in [6, 6.07) is 7.37. The van der Waals surface area contributed by atoms with Gasteiger partial charge in [-0.15, -0.1) is 0 Å². The molecule has 1 aliphatic heterocycles. The molecule has 1 aliphatic rings. The first-order chi connectivity index (χ1) is 7.15. The van der Waals surface area contributed by atoms with Crippen LogP contribution < -0.4 is 4.74 Å². The molecule has 1 aromatic carbocycles. The Kier molecular flexibility index (Phi) is 3.43. The molecule has 1 fully saturated rings. The highest BCUT2D eigenvalue weighted by atomic mass is 79.9. The van der Waals surface area contributed by atoms with E-state index in [1.54, 1.807) is 0 Å². The zero-order chi connectivity index (χ0) is 10.8. The summed E-state index contributed by atoms with van der Waals surface area (Å²) in [5.74, 6) is 1.43. The Hall–Kier alpha value is -0.390. The molecule has 0 radical (unpaired) electrons. The molecule has 3 atom stereocenters. The molecule has 15 heavy (non-hydrogen) atoms. The van der Waals surface area contributed by atoms with E-state index >= 15 is 0 Å². The summed E-state index contributed by atoms with van der Waals surface area (Å²) in [5.41, 5.74) is 0. The van der Waals surface area contributed by atoms with Crippen LogP contribution in [0.15, 0.2) is 28.7 Å². The Morgan fingerprint density at radius 3 is 2.53 bits per heavy atom. The van der Waals surface area contributed by atoms with Crippen LogP contribution in [0.2, 0.25) is 0 Å². The van der Waals surface area contributed by atoms with Gasteiger partial charge in [-0.1, -0.05) is 15.9 Å². The fraction of sp³-hybridized carbons (Fsp3) is 0.400. The monoisotopic (exact) mass is 290 g/mol. The van der Waals surface area contributed by atoms with Crippen molar-refractivity contribution in [3.05, 3.63) is 28.7 Å². The molecule has 1 heterocycles. The number of rotatable bonds is 2. The Bertz CT molecular complexity index is 365. The van der Waals surface area contributed by atoms with E-state index in [2.05, 4.69) is 15.9 Å². The molecule has 2 rings (SSSR count). The van der Waals surface area contributed by atoms with Gasteiger partial charge in [-0.3, -0.25) is 4.21 Å². The van der Waals surface area contributed by atoms with Gasteiger partial charge in [-0.05, 0) is 24.3 Å². The van der Waals surface area contributed by atoms with Crippen LogP contribution in [-0.4, -0.2) is 33.0 Å². The standard InChI is InChI=1S/C10H11BrO3S/c11-7-1-3-8(4-2-7)14-10-6-15(13)5-9(10)12/h1-4,9-10,12H,5-6H2/t9-,10-,15?/m1/s1. The lowest BCUT2D eigenvalue weighted by molar-refractivity contribution is 0.0738. The summed E-state index contributed by atoms with van der Waals surface area (Å²) < 4.78 is 17.7. The highest BCUT2D eigenvalue weighted by Crippen LogP contribution is 2.20. The van der Waals surface area contributed by atoms with Crippen LogP contribution in [0, 0.1) is 0 Å². The molecule has 0 aromatic heterocycles. The second-order valence-electron chi connectivity index (χ2n) is 3.45. The highest BCUT2D eigenvalue weighted by Gasteiger charge is 2.32. The smallest absolute Gasteiger partial charge is 0.137 e. The maximum absolute atomic E-state index is 11.2. The van der Waals surface area contributed by atoms with Crippen LogP contribution in [0.5, 0.6) is 5.75 Å². The largest absolute Gasteiger partial charge is 0.487 e. The van der Waals surface area contributed by atoms with E-state index in [9.17, 15) is 9.32 Å². The minimum absolute atomic E-state index is 0.321. The van der Waals surface area contributed by atoms with Crippen molar-refractivity contribution in [2.45, 2.75) is 12.2 Å². The average molecular weight is 291 g/mol. The maximum atomic E-state index is 11.2. The van der Waals surface area contributed by atoms with E-state index in [0.29, 0.717) is 17.3 Å². The molecule has 1 N–H and O–H groups in total. The maximum Gasteiger partial charge on any atom is 0.137 e. The molecule has 0 aliphatic carbocycles. The van der Waals surface area contributed by atoms with Crippen LogP contribution in [0.3, 0.4) is 0 Å². The van der Waals surface area contributed by atoms with E-state index in [4.69, 9.17) is 4.74 Å². The van der Waals surface area contributed by atoms with Gasteiger partial charge in [-0.25, -0.2) is 0 Å². The molecule has 1 aromatic rings. The number of hydrogen-bond acceptors (Lipinski definition) is 3. The zero-order valence-corrected chi connectivity index (χ0v) is 10.3. The minimum Gasteiger partial charge on any atom is -0.487 e. The third-order valence-corrected chi connectivity index (χ3v) is 4.18. The summed E-state index contributed by atoms with van der Waals surface area (Å²) in [5, 5.41) is 9.55. The third-order valence-electron chi connectivity index (χ3n) is 2.24. The van der Waals surface area contributed by atoms with Gasteiger partial charge in [0.25, 0.3) is 0 Å². The Morgan fingerprint density at radius 2 is 2.00 bits per heavy atom. The molecule has 3 nitrogen and oxygen atoms in total. The Morgan fingerprint density at radius 1 is 1.33 bits per heavy atom. The van der Waals surface area contributed by atoms with E-state index in [0.717, 1.165) is 4.47 Å². The predicted molar refractivity (Wildman–Crippen MR) is 62.4 cm³/mol. The molecule has 0 saturated carbocycles. The number of halogens is 1. The number of aliphatic hydroxyl groups excluding tert-OH is 1. The molecule has 0 bridgehead atoms. The SMILES string of the molecule is O=S1C[C@@H](O)[C@H](Oc2ccc(Br)cc2)C1. The minimum atomic E-state index is -0.945. The third kappa shape index (κ3) is 2.80. The van der Waals surface area contributed by atoms with Gasteiger partial charge in [0.2, 0.25) is 0 Å². The first kappa shape index (κ1) is 11.1. The molecule has 0 spiro atoms. The normalized spacial score (nSPS) is 30.4. The molecule has 82 valence electrons. The van der Waals surface area contributed by atoms with Crippen molar-refractivity contribution in [1.82, 2.24) is 0 Å². The van der Waals surface area contributed by atoms with Crippen LogP contribution in [0.4, 0.5) is 0 Å². The van der Waals surface area contributed by atoms with E-state index < -0.39 is 16.9 Å². The van der Waals surface area contributed by atoms with Gasteiger partial charge in [0.15, 0.2) is 0 Å². The topological polar surface area (TPSA) is 46.5 Å². The number of ether oxygens (including phenoxy) is 1. The van der Waals surface area contributed by atoms with Gasteiger partial charge >= 0.3 is 0 Å². The van der Waals surface area contributed by atoms with Crippen molar-refractivity contribution in [3.8, 4) is 5.75 Å². The molecule has 1 saturated heterocycles. The van der Waals surface area contributed by atoms with Crippen LogP contribution in [-0.2, 0) is 10.8 Å². The molecule has 5 heteroatoms. The number of aliphatic hydroxyl groups is 1. The van der Waals surface area contributed by atoms with Crippen molar-refractivity contribution in [1.29, 1.82) is 0 Å². The number of benzene rings is 1. The van der Waals surface area contributed by atoms with Crippen molar-refractivity contribution >= 4 is 26.7 Å². The lowest BCUT2D eigenvalue weighted by Gasteiger charge is -2.15. The van der Waals surface area contributed by atoms with E-state index in [-0.39, 0.29) is 6.10 Å². The van der Waals surface area contributed by atoms with Crippen LogP contribution in [0.25, 0.3) is 0 Å². The lowest BCUT2D eigenvalue weighted by atomic mass is 10.2. The molecular formula is C10H11BrO3S. The number of hydrogen-bond donors (Lipinski definition) is 1. The van der Waals surface area contributed by atoms with E-state index in [1.807, 2.05) is 24.3 Å². The van der Waals surface area contributed by atoms with Crippen LogP contribution >= 0.6 is 15.9 Å². The lowest BCUT2D eigenvalue weighted by Crippen LogP contribution is -2.29. The molecule has 0 amide bonds. The second-order valence-corrected chi connectivity index (χ2v) is 5.91. The fourth-order valence-electron chi connectivity index (χ4n) is 1.46. The van der Waals surface area contributed by atoms with Crippen molar-refractivity contribution < 1.29 is 14.1 Å². The first-order valence-corrected chi connectivity index (χ1v) is 6.88. The summed E-state index contributed by atoms with van der Waals surface area (Å²) in [4.78, 5) is 0.